The summed E-state index contributed by atoms with van der Waals surface area (Å²) in [7, 11) is 0. The van der Waals surface area contributed by atoms with Gasteiger partial charge in [0, 0.05) is 32.7 Å². The molecule has 4 amide bonds. The van der Waals surface area contributed by atoms with E-state index in [-0.39, 0.29) is 24.2 Å². The molecule has 13 heteroatoms. The Kier molecular flexibility index (Phi) is 15.8. The van der Waals surface area contributed by atoms with Crippen LogP contribution < -0.4 is 33.2 Å². The predicted octanol–water partition coefficient (Wildman–Crippen LogP) is 0.602. The van der Waals surface area contributed by atoms with Crippen molar-refractivity contribution in [3.63, 3.8) is 0 Å². The van der Waals surface area contributed by atoms with Crippen LogP contribution in [0.2, 0.25) is 0 Å². The fourth-order valence-corrected chi connectivity index (χ4v) is 5.49. The number of benzene rings is 2. The first-order valence-corrected chi connectivity index (χ1v) is 16.7. The number of carbonyl (C=O) groups is 4. The number of nitrogens with one attached hydrogen (secondary N) is 3. The van der Waals surface area contributed by atoms with Gasteiger partial charge in [-0.05, 0) is 49.1 Å². The van der Waals surface area contributed by atoms with Crippen molar-refractivity contribution in [3.8, 4) is 0 Å². The summed E-state index contributed by atoms with van der Waals surface area (Å²) >= 11 is 0. The molecule has 1 aliphatic heterocycles. The first kappa shape index (κ1) is 38.0. The lowest BCUT2D eigenvalue weighted by molar-refractivity contribution is -0.138. The van der Waals surface area contributed by atoms with Crippen LogP contribution in [0.25, 0.3) is 0 Å². The van der Waals surface area contributed by atoms with E-state index in [9.17, 15) is 19.2 Å². The summed E-state index contributed by atoms with van der Waals surface area (Å²) in [6.45, 7) is 6.07. The topological polar surface area (TPSA) is 207 Å². The molecular formula is C35H52N8O5. The Hall–Kier alpha value is -4.49. The maximum Gasteiger partial charge on any atom is 0.245 e. The fourth-order valence-electron chi connectivity index (χ4n) is 5.49. The first-order chi connectivity index (χ1) is 23.0. The van der Waals surface area contributed by atoms with Crippen molar-refractivity contribution in [1.82, 2.24) is 20.9 Å². The third-order valence-electron chi connectivity index (χ3n) is 7.98. The lowest BCUT2D eigenvalue weighted by Gasteiger charge is -2.29. The third-order valence-corrected chi connectivity index (χ3v) is 7.98. The number of hydrogen-bond donors (Lipinski definition) is 6. The molecule has 1 aliphatic rings. The van der Waals surface area contributed by atoms with Crippen LogP contribution in [0.1, 0.15) is 50.7 Å². The minimum absolute atomic E-state index is 0.0290. The van der Waals surface area contributed by atoms with E-state index in [2.05, 4.69) is 20.9 Å². The number of rotatable bonds is 17. The molecule has 0 unspecified atom stereocenters. The van der Waals surface area contributed by atoms with Gasteiger partial charge in [0.2, 0.25) is 23.6 Å². The summed E-state index contributed by atoms with van der Waals surface area (Å²) in [5.74, 6) is -1.75. The van der Waals surface area contributed by atoms with Gasteiger partial charge in [0.25, 0.3) is 0 Å². The van der Waals surface area contributed by atoms with Crippen LogP contribution in [-0.2, 0) is 36.8 Å². The largest absolute Gasteiger partial charge is 0.380 e. The van der Waals surface area contributed by atoms with Gasteiger partial charge in [0.1, 0.15) is 18.1 Å². The second-order valence-electron chi connectivity index (χ2n) is 12.5. The molecule has 0 aliphatic carbocycles. The van der Waals surface area contributed by atoms with E-state index in [4.69, 9.17) is 21.9 Å². The van der Waals surface area contributed by atoms with E-state index in [0.29, 0.717) is 65.0 Å². The van der Waals surface area contributed by atoms with Crippen molar-refractivity contribution in [1.29, 1.82) is 0 Å². The zero-order valence-corrected chi connectivity index (χ0v) is 28.1. The first-order valence-electron chi connectivity index (χ1n) is 16.7. The molecule has 1 heterocycles. The van der Waals surface area contributed by atoms with Crippen LogP contribution in [0, 0.1) is 5.92 Å². The third kappa shape index (κ3) is 13.3. The zero-order chi connectivity index (χ0) is 34.9. The van der Waals surface area contributed by atoms with Crippen LogP contribution >= 0.6 is 0 Å². The smallest absolute Gasteiger partial charge is 0.245 e. The number of guanidine groups is 1. The molecule has 0 spiro atoms. The summed E-state index contributed by atoms with van der Waals surface area (Å²) in [5, 5.41) is 8.60. The van der Waals surface area contributed by atoms with Crippen molar-refractivity contribution in [2.24, 2.45) is 28.1 Å². The minimum atomic E-state index is -1.00. The number of nitrogens with two attached hydrogens (primary N) is 3. The van der Waals surface area contributed by atoms with Gasteiger partial charge < -0.3 is 42.8 Å². The molecule has 1 fully saturated rings. The van der Waals surface area contributed by atoms with Gasteiger partial charge in [-0.3, -0.25) is 24.2 Å². The average Bonchev–Trinajstić information content (AvgIpc) is 3.35. The van der Waals surface area contributed by atoms with Crippen LogP contribution in [0.3, 0.4) is 0 Å². The summed E-state index contributed by atoms with van der Waals surface area (Å²) in [6.07, 6.45) is 2.24. The Balaban J connectivity index is 1.78. The molecule has 0 bridgehead atoms. The summed E-state index contributed by atoms with van der Waals surface area (Å²) in [4.78, 5) is 60.3. The van der Waals surface area contributed by atoms with Gasteiger partial charge in [0.15, 0.2) is 5.96 Å². The highest BCUT2D eigenvalue weighted by Crippen LogP contribution is 2.12. The average molecular weight is 665 g/mol. The van der Waals surface area contributed by atoms with E-state index < -0.39 is 41.9 Å². The molecule has 0 radical (unpaired) electrons. The van der Waals surface area contributed by atoms with Crippen LogP contribution in [0.4, 0.5) is 0 Å². The molecule has 0 saturated carbocycles. The zero-order valence-electron chi connectivity index (χ0n) is 28.1. The van der Waals surface area contributed by atoms with Crippen molar-refractivity contribution in [2.45, 2.75) is 76.5 Å². The highest BCUT2D eigenvalue weighted by Gasteiger charge is 2.32. The van der Waals surface area contributed by atoms with E-state index >= 15 is 0 Å². The molecule has 48 heavy (non-hydrogen) atoms. The molecule has 13 nitrogen and oxygen atoms in total. The standard InChI is InChI=1S/C35H52N8O5/c1-24(2)21-29(32(45)40-28(15-9-16-39-35(37)38)34(47)43-17-10-19-48-20-18-43)42-33(46)30(23-26-13-7-4-8-14-26)41-31(44)27(36)22-25-11-5-3-6-12-25/h3-8,11-14,24,27-30H,9-10,15-23,36H2,1-2H3,(H,40,45)(H,41,44)(H,42,46)(H4,37,38,39)/t27-,28-,29-,30-/m1/s1. The Morgan fingerprint density at radius 2 is 1.38 bits per heavy atom. The molecule has 4 atom stereocenters. The molecule has 262 valence electrons. The Bertz CT molecular complexity index is 1330. The number of aliphatic imine (C=N–C) groups is 1. The van der Waals surface area contributed by atoms with Gasteiger partial charge in [-0.2, -0.15) is 0 Å². The van der Waals surface area contributed by atoms with Crippen molar-refractivity contribution >= 4 is 29.6 Å². The normalized spacial score (nSPS) is 15.7. The van der Waals surface area contributed by atoms with Crippen molar-refractivity contribution < 1.29 is 23.9 Å². The minimum Gasteiger partial charge on any atom is -0.380 e. The number of amides is 4. The Labute approximate surface area is 283 Å². The molecule has 9 N–H and O–H groups in total. The van der Waals surface area contributed by atoms with Gasteiger partial charge in [0.05, 0.1) is 12.6 Å². The molecule has 2 aromatic carbocycles. The molecule has 1 saturated heterocycles. The number of carbonyl (C=O) groups excluding carboxylic acids is 4. The number of ether oxygens (including phenoxy) is 1. The molecule has 2 aromatic rings. The van der Waals surface area contributed by atoms with Crippen LogP contribution in [0.5, 0.6) is 0 Å². The van der Waals surface area contributed by atoms with Gasteiger partial charge in [-0.25, -0.2) is 0 Å². The van der Waals surface area contributed by atoms with E-state index in [0.717, 1.165) is 11.1 Å². The van der Waals surface area contributed by atoms with Gasteiger partial charge >= 0.3 is 0 Å². The fraction of sp³-hybridized carbons (Fsp3) is 0.514. The highest BCUT2D eigenvalue weighted by molar-refractivity contribution is 5.95. The molecule has 0 aromatic heterocycles. The summed E-state index contributed by atoms with van der Waals surface area (Å²) in [6, 6.07) is 15.0. The maximum absolute atomic E-state index is 13.9. The number of hydrogen-bond acceptors (Lipinski definition) is 7. The second kappa shape index (κ2) is 20.0. The molecular weight excluding hydrogens is 612 g/mol. The highest BCUT2D eigenvalue weighted by atomic mass is 16.5. The monoisotopic (exact) mass is 664 g/mol. The lowest BCUT2D eigenvalue weighted by Crippen LogP contribution is -2.58. The predicted molar refractivity (Wildman–Crippen MR) is 185 cm³/mol. The summed E-state index contributed by atoms with van der Waals surface area (Å²) < 4.78 is 5.51. The number of nitrogens with zero attached hydrogens (tertiary/aromatic N) is 2. The Morgan fingerprint density at radius 1 is 0.792 bits per heavy atom. The molecule has 3 rings (SSSR count). The lowest BCUT2D eigenvalue weighted by atomic mass is 9.99. The van der Waals surface area contributed by atoms with Gasteiger partial charge in [-0.15, -0.1) is 0 Å². The van der Waals surface area contributed by atoms with E-state index in [1.807, 2.05) is 74.5 Å². The van der Waals surface area contributed by atoms with Crippen LogP contribution in [-0.4, -0.2) is 91.5 Å². The quantitative estimate of drug-likeness (QED) is 0.0800. The summed E-state index contributed by atoms with van der Waals surface area (Å²) in [5.41, 5.74) is 18.9. The van der Waals surface area contributed by atoms with Crippen molar-refractivity contribution in [3.05, 3.63) is 71.8 Å². The van der Waals surface area contributed by atoms with E-state index in [1.54, 1.807) is 4.90 Å². The second-order valence-corrected chi connectivity index (χ2v) is 12.5. The Morgan fingerprint density at radius 3 is 2.00 bits per heavy atom. The maximum atomic E-state index is 13.9. The van der Waals surface area contributed by atoms with Crippen molar-refractivity contribution in [2.75, 3.05) is 32.8 Å². The SMILES string of the molecule is CC(C)C[C@@H](NC(=O)[C@@H](Cc1ccccc1)NC(=O)[C@H](N)Cc1ccccc1)C(=O)N[C@H](CCCN=C(N)N)C(=O)N1CCCOCC1. The van der Waals surface area contributed by atoms with Crippen LogP contribution in [0.15, 0.2) is 65.7 Å². The van der Waals surface area contributed by atoms with Gasteiger partial charge in [-0.1, -0.05) is 74.5 Å². The van der Waals surface area contributed by atoms with E-state index in [1.165, 1.54) is 0 Å².